The third-order valence-corrected chi connectivity index (χ3v) is 3.69. The summed E-state index contributed by atoms with van der Waals surface area (Å²) in [5.41, 5.74) is -0.0529. The van der Waals surface area contributed by atoms with Gasteiger partial charge in [-0.05, 0) is 26.2 Å². The van der Waals surface area contributed by atoms with E-state index in [-0.39, 0.29) is 23.4 Å². The van der Waals surface area contributed by atoms with Gasteiger partial charge in [-0.1, -0.05) is 19.3 Å². The second-order valence-corrected chi connectivity index (χ2v) is 5.27. The Labute approximate surface area is 96.2 Å². The Bertz CT molecular complexity index is 295. The van der Waals surface area contributed by atoms with Crippen LogP contribution >= 0.6 is 0 Å². The monoisotopic (exact) mass is 224 g/mol. The Morgan fingerprint density at radius 1 is 1.38 bits per heavy atom. The van der Waals surface area contributed by atoms with Crippen molar-refractivity contribution in [3.63, 3.8) is 0 Å². The van der Waals surface area contributed by atoms with Crippen LogP contribution in [0.3, 0.4) is 0 Å². The molecule has 0 unspecified atom stereocenters. The molecule has 0 aromatic heterocycles. The minimum absolute atomic E-state index is 0.00440. The van der Waals surface area contributed by atoms with Gasteiger partial charge in [0.2, 0.25) is 11.8 Å². The van der Waals surface area contributed by atoms with E-state index in [0.29, 0.717) is 12.8 Å². The summed E-state index contributed by atoms with van der Waals surface area (Å²) < 4.78 is 0. The van der Waals surface area contributed by atoms with Crippen molar-refractivity contribution in [2.45, 2.75) is 63.5 Å². The number of rotatable bonds is 2. The molecule has 90 valence electrons. The van der Waals surface area contributed by atoms with Crippen LogP contribution in [-0.2, 0) is 9.59 Å². The number of carbonyl (C=O) groups excluding carboxylic acids is 2. The van der Waals surface area contributed by atoms with Gasteiger partial charge in [-0.25, -0.2) is 0 Å². The zero-order chi connectivity index (χ0) is 11.6. The minimum Gasteiger partial charge on any atom is -0.349 e. The van der Waals surface area contributed by atoms with Gasteiger partial charge in [-0.3, -0.25) is 9.59 Å². The van der Waals surface area contributed by atoms with Crippen molar-refractivity contribution in [1.29, 1.82) is 0 Å². The van der Waals surface area contributed by atoms with E-state index < -0.39 is 0 Å². The minimum atomic E-state index is -0.300. The van der Waals surface area contributed by atoms with Gasteiger partial charge in [0.1, 0.15) is 6.04 Å². The molecule has 0 spiro atoms. The van der Waals surface area contributed by atoms with Crippen LogP contribution in [0.5, 0.6) is 0 Å². The molecule has 4 heteroatoms. The fourth-order valence-corrected chi connectivity index (χ4v) is 2.65. The molecule has 2 N–H and O–H groups in total. The lowest BCUT2D eigenvalue weighted by molar-refractivity contribution is -0.127. The molecular weight excluding hydrogens is 204 g/mol. The van der Waals surface area contributed by atoms with E-state index in [2.05, 4.69) is 17.6 Å². The molecular formula is C12H20N2O2. The molecule has 2 amide bonds. The standard InChI is InChI=1S/C12H20N2O2/c1-12(7-3-2-4-8-12)14-11(16)9-5-6-10(15)13-9/h9H,2-8H2,1H3,(H,13,15)(H,14,16)/t9-/m1/s1. The molecule has 1 saturated heterocycles. The molecule has 0 aromatic carbocycles. The largest absolute Gasteiger partial charge is 0.349 e. The van der Waals surface area contributed by atoms with Gasteiger partial charge in [0, 0.05) is 12.0 Å². The van der Waals surface area contributed by atoms with Gasteiger partial charge in [0.05, 0.1) is 0 Å². The van der Waals surface area contributed by atoms with Crippen molar-refractivity contribution in [2.24, 2.45) is 0 Å². The first-order chi connectivity index (χ1) is 7.59. The number of nitrogens with one attached hydrogen (secondary N) is 2. The van der Waals surface area contributed by atoms with Gasteiger partial charge in [0.25, 0.3) is 0 Å². The van der Waals surface area contributed by atoms with Gasteiger partial charge in [-0.15, -0.1) is 0 Å². The quantitative estimate of drug-likeness (QED) is 0.738. The maximum atomic E-state index is 11.9. The highest BCUT2D eigenvalue weighted by Crippen LogP contribution is 2.27. The summed E-state index contributed by atoms with van der Waals surface area (Å²) in [6.45, 7) is 2.11. The average molecular weight is 224 g/mol. The van der Waals surface area contributed by atoms with E-state index >= 15 is 0 Å². The summed E-state index contributed by atoms with van der Waals surface area (Å²) in [5.74, 6) is -0.0100. The van der Waals surface area contributed by atoms with E-state index in [0.717, 1.165) is 12.8 Å². The van der Waals surface area contributed by atoms with Crippen LogP contribution in [0.2, 0.25) is 0 Å². The van der Waals surface area contributed by atoms with Crippen LogP contribution in [0.4, 0.5) is 0 Å². The van der Waals surface area contributed by atoms with Gasteiger partial charge in [-0.2, -0.15) is 0 Å². The summed E-state index contributed by atoms with van der Waals surface area (Å²) in [6.07, 6.45) is 6.88. The van der Waals surface area contributed by atoms with E-state index in [1.54, 1.807) is 0 Å². The Balaban J connectivity index is 1.88. The molecule has 1 saturated carbocycles. The number of hydrogen-bond acceptors (Lipinski definition) is 2. The molecule has 4 nitrogen and oxygen atoms in total. The average Bonchev–Trinajstić information content (AvgIpc) is 2.65. The second-order valence-electron chi connectivity index (χ2n) is 5.27. The van der Waals surface area contributed by atoms with Crippen LogP contribution in [0.25, 0.3) is 0 Å². The fraction of sp³-hybridized carbons (Fsp3) is 0.833. The normalized spacial score (nSPS) is 28.6. The first kappa shape index (κ1) is 11.4. The number of hydrogen-bond donors (Lipinski definition) is 2. The molecule has 1 aliphatic carbocycles. The van der Waals surface area contributed by atoms with Gasteiger partial charge < -0.3 is 10.6 Å². The summed E-state index contributed by atoms with van der Waals surface area (Å²) in [6, 6.07) is -0.300. The van der Waals surface area contributed by atoms with Crippen LogP contribution in [0.15, 0.2) is 0 Å². The lowest BCUT2D eigenvalue weighted by atomic mass is 9.83. The fourth-order valence-electron chi connectivity index (χ4n) is 2.65. The Kier molecular flexibility index (Phi) is 3.17. The van der Waals surface area contributed by atoms with Crippen molar-refractivity contribution in [3.8, 4) is 0 Å². The van der Waals surface area contributed by atoms with Crippen LogP contribution < -0.4 is 10.6 Å². The van der Waals surface area contributed by atoms with Crippen molar-refractivity contribution >= 4 is 11.8 Å². The van der Waals surface area contributed by atoms with Crippen LogP contribution in [0, 0.1) is 0 Å². The summed E-state index contributed by atoms with van der Waals surface area (Å²) in [5, 5.41) is 5.81. The van der Waals surface area contributed by atoms with E-state index in [4.69, 9.17) is 0 Å². The summed E-state index contributed by atoms with van der Waals surface area (Å²) in [7, 11) is 0. The zero-order valence-corrected chi connectivity index (χ0v) is 9.84. The smallest absolute Gasteiger partial charge is 0.243 e. The maximum Gasteiger partial charge on any atom is 0.243 e. The molecule has 16 heavy (non-hydrogen) atoms. The van der Waals surface area contributed by atoms with Crippen molar-refractivity contribution < 1.29 is 9.59 Å². The first-order valence-corrected chi connectivity index (χ1v) is 6.20. The predicted octanol–water partition coefficient (Wildman–Crippen LogP) is 1.10. The molecule has 2 fully saturated rings. The highest BCUT2D eigenvalue weighted by atomic mass is 16.2. The van der Waals surface area contributed by atoms with Gasteiger partial charge in [0.15, 0.2) is 0 Å². The van der Waals surface area contributed by atoms with Crippen LogP contribution in [-0.4, -0.2) is 23.4 Å². The molecule has 2 aliphatic rings. The SMILES string of the molecule is CC1(NC(=O)[C@H]2CCC(=O)N2)CCCCC1. The van der Waals surface area contributed by atoms with E-state index in [1.807, 2.05) is 0 Å². The van der Waals surface area contributed by atoms with E-state index in [9.17, 15) is 9.59 Å². The molecule has 1 heterocycles. The molecule has 1 aliphatic heterocycles. The first-order valence-electron chi connectivity index (χ1n) is 6.20. The topological polar surface area (TPSA) is 58.2 Å². The molecule has 0 radical (unpaired) electrons. The number of carbonyl (C=O) groups is 2. The molecule has 2 rings (SSSR count). The summed E-state index contributed by atoms with van der Waals surface area (Å²) in [4.78, 5) is 23.0. The highest BCUT2D eigenvalue weighted by Gasteiger charge is 2.33. The Morgan fingerprint density at radius 3 is 2.62 bits per heavy atom. The van der Waals surface area contributed by atoms with Crippen molar-refractivity contribution in [1.82, 2.24) is 10.6 Å². The second kappa shape index (κ2) is 4.44. The van der Waals surface area contributed by atoms with Gasteiger partial charge >= 0.3 is 0 Å². The molecule has 0 bridgehead atoms. The predicted molar refractivity (Wildman–Crippen MR) is 60.8 cm³/mol. The van der Waals surface area contributed by atoms with Crippen molar-refractivity contribution in [3.05, 3.63) is 0 Å². The lowest BCUT2D eigenvalue weighted by Crippen LogP contribution is -2.53. The number of amides is 2. The third kappa shape index (κ3) is 2.54. The maximum absolute atomic E-state index is 11.9. The molecule has 0 aromatic rings. The van der Waals surface area contributed by atoms with E-state index in [1.165, 1.54) is 19.3 Å². The van der Waals surface area contributed by atoms with Crippen LogP contribution in [0.1, 0.15) is 51.9 Å². The lowest BCUT2D eigenvalue weighted by Gasteiger charge is -2.35. The Hall–Kier alpha value is -1.06. The zero-order valence-electron chi connectivity index (χ0n) is 9.84. The Morgan fingerprint density at radius 2 is 2.06 bits per heavy atom. The summed E-state index contributed by atoms with van der Waals surface area (Å²) >= 11 is 0. The van der Waals surface area contributed by atoms with Crippen molar-refractivity contribution in [2.75, 3.05) is 0 Å². The molecule has 1 atom stereocenters. The third-order valence-electron chi connectivity index (χ3n) is 3.69. The highest BCUT2D eigenvalue weighted by molar-refractivity contribution is 5.91.